The molecule has 0 bridgehead atoms. The summed E-state index contributed by atoms with van der Waals surface area (Å²) >= 11 is 5.97. The molecule has 0 saturated carbocycles. The van der Waals surface area contributed by atoms with E-state index in [0.717, 1.165) is 18.1 Å². The highest BCUT2D eigenvalue weighted by molar-refractivity contribution is 6.30. The first-order valence-electron chi connectivity index (χ1n) is 7.96. The Morgan fingerprint density at radius 1 is 1.19 bits per heavy atom. The van der Waals surface area contributed by atoms with Crippen molar-refractivity contribution < 1.29 is 0 Å². The highest BCUT2D eigenvalue weighted by Crippen LogP contribution is 2.27. The van der Waals surface area contributed by atoms with Gasteiger partial charge in [0.15, 0.2) is 0 Å². The number of benzene rings is 1. The maximum atomic E-state index is 5.97. The molecule has 1 N–H and O–H groups in total. The van der Waals surface area contributed by atoms with E-state index >= 15 is 0 Å². The van der Waals surface area contributed by atoms with Gasteiger partial charge in [0, 0.05) is 30.2 Å². The fourth-order valence-corrected chi connectivity index (χ4v) is 2.60. The average molecular weight is 311 g/mol. The minimum atomic E-state index is 0.291. The van der Waals surface area contributed by atoms with Crippen LogP contribution in [0.2, 0.25) is 5.02 Å². The minimum Gasteiger partial charge on any atom is -0.314 e. The molecule has 1 aromatic carbocycles. The van der Waals surface area contributed by atoms with E-state index in [9.17, 15) is 0 Å². The Bertz CT molecular complexity index is 416. The third kappa shape index (κ3) is 5.98. The zero-order chi connectivity index (χ0) is 16.0. The van der Waals surface area contributed by atoms with E-state index < -0.39 is 0 Å². The van der Waals surface area contributed by atoms with Crippen molar-refractivity contribution in [3.05, 3.63) is 34.9 Å². The molecule has 0 aliphatic rings. The summed E-state index contributed by atoms with van der Waals surface area (Å²) in [6.45, 7) is 13.4. The van der Waals surface area contributed by atoms with Crippen molar-refractivity contribution >= 4 is 11.6 Å². The first-order chi connectivity index (χ1) is 9.77. The molecule has 2 nitrogen and oxygen atoms in total. The summed E-state index contributed by atoms with van der Waals surface area (Å²) in [6.07, 6.45) is 1.17. The molecular formula is C18H31ClN2. The third-order valence-corrected chi connectivity index (χ3v) is 4.69. The molecule has 0 fully saturated rings. The molecule has 0 amide bonds. The quantitative estimate of drug-likeness (QED) is 0.745. The highest BCUT2D eigenvalue weighted by Gasteiger charge is 2.26. The Labute approximate surface area is 135 Å². The molecule has 0 saturated heterocycles. The van der Waals surface area contributed by atoms with Gasteiger partial charge < -0.3 is 5.32 Å². The van der Waals surface area contributed by atoms with Gasteiger partial charge in [-0.15, -0.1) is 0 Å². The second-order valence-electron chi connectivity index (χ2n) is 6.84. The maximum Gasteiger partial charge on any atom is 0.0406 e. The summed E-state index contributed by atoms with van der Waals surface area (Å²) in [5.74, 6) is 0. The van der Waals surface area contributed by atoms with Crippen LogP contribution in [0, 0.1) is 5.41 Å². The van der Waals surface area contributed by atoms with E-state index in [1.807, 2.05) is 12.1 Å². The number of halogens is 1. The summed E-state index contributed by atoms with van der Waals surface area (Å²) < 4.78 is 0. The standard InChI is InChI=1S/C18H31ClN2/c1-7-18(5,12-20-14(2)3)13-21(6)15(4)16-8-10-17(19)11-9-16/h8-11,14-15,20H,7,12-13H2,1-6H3. The molecule has 0 aromatic heterocycles. The van der Waals surface area contributed by atoms with Gasteiger partial charge in [0.05, 0.1) is 0 Å². The summed E-state index contributed by atoms with van der Waals surface area (Å²) in [5.41, 5.74) is 1.61. The third-order valence-electron chi connectivity index (χ3n) is 4.44. The van der Waals surface area contributed by atoms with Crippen LogP contribution in [0.15, 0.2) is 24.3 Å². The van der Waals surface area contributed by atoms with Gasteiger partial charge in [-0.1, -0.05) is 51.4 Å². The zero-order valence-corrected chi connectivity index (χ0v) is 15.2. The van der Waals surface area contributed by atoms with E-state index in [4.69, 9.17) is 11.6 Å². The van der Waals surface area contributed by atoms with Crippen molar-refractivity contribution in [3.63, 3.8) is 0 Å². The van der Waals surface area contributed by atoms with E-state index in [0.29, 0.717) is 17.5 Å². The van der Waals surface area contributed by atoms with Crippen molar-refractivity contribution in [1.29, 1.82) is 0 Å². The fraction of sp³-hybridized carbons (Fsp3) is 0.667. The molecule has 3 heteroatoms. The molecule has 0 radical (unpaired) electrons. The van der Waals surface area contributed by atoms with Gasteiger partial charge in [-0.25, -0.2) is 0 Å². The lowest BCUT2D eigenvalue weighted by atomic mass is 9.86. The first kappa shape index (κ1) is 18.5. The zero-order valence-electron chi connectivity index (χ0n) is 14.4. The van der Waals surface area contributed by atoms with Crippen LogP contribution in [0.25, 0.3) is 0 Å². The summed E-state index contributed by atoms with van der Waals surface area (Å²) in [6, 6.07) is 9.13. The van der Waals surface area contributed by atoms with Crippen molar-refractivity contribution in [2.75, 3.05) is 20.1 Å². The van der Waals surface area contributed by atoms with Crippen molar-refractivity contribution in [2.45, 2.75) is 53.1 Å². The molecule has 0 heterocycles. The van der Waals surface area contributed by atoms with Crippen LogP contribution < -0.4 is 5.32 Å². The topological polar surface area (TPSA) is 15.3 Å². The normalized spacial score (nSPS) is 16.2. The largest absolute Gasteiger partial charge is 0.314 e. The Hall–Kier alpha value is -0.570. The smallest absolute Gasteiger partial charge is 0.0406 e. The Balaban J connectivity index is 2.68. The van der Waals surface area contributed by atoms with Gasteiger partial charge in [-0.2, -0.15) is 0 Å². The Kier molecular flexibility index (Phi) is 7.19. The molecule has 21 heavy (non-hydrogen) atoms. The van der Waals surface area contributed by atoms with Crippen LogP contribution in [0.4, 0.5) is 0 Å². The molecule has 120 valence electrons. The molecular weight excluding hydrogens is 280 g/mol. The number of nitrogens with zero attached hydrogens (tertiary/aromatic N) is 1. The molecule has 0 aliphatic carbocycles. The first-order valence-corrected chi connectivity index (χ1v) is 8.34. The van der Waals surface area contributed by atoms with Crippen molar-refractivity contribution in [2.24, 2.45) is 5.41 Å². The van der Waals surface area contributed by atoms with Crippen LogP contribution in [0.1, 0.15) is 52.6 Å². The second-order valence-corrected chi connectivity index (χ2v) is 7.28. The van der Waals surface area contributed by atoms with Crippen LogP contribution >= 0.6 is 11.6 Å². The fourth-order valence-electron chi connectivity index (χ4n) is 2.48. The summed E-state index contributed by atoms with van der Waals surface area (Å²) in [4.78, 5) is 2.44. The number of rotatable bonds is 8. The molecule has 0 aliphatic heterocycles. The van der Waals surface area contributed by atoms with E-state index in [2.05, 4.69) is 64.0 Å². The molecule has 1 rings (SSSR count). The lowest BCUT2D eigenvalue weighted by molar-refractivity contribution is 0.145. The van der Waals surface area contributed by atoms with Crippen molar-refractivity contribution in [3.8, 4) is 0 Å². The molecule has 2 unspecified atom stereocenters. The van der Waals surface area contributed by atoms with Gasteiger partial charge in [0.1, 0.15) is 0 Å². The highest BCUT2D eigenvalue weighted by atomic mass is 35.5. The van der Waals surface area contributed by atoms with Crippen LogP contribution in [-0.4, -0.2) is 31.1 Å². The van der Waals surface area contributed by atoms with Crippen LogP contribution in [0.5, 0.6) is 0 Å². The van der Waals surface area contributed by atoms with E-state index in [1.54, 1.807) is 0 Å². The number of nitrogens with one attached hydrogen (secondary N) is 1. The van der Waals surface area contributed by atoms with E-state index in [-0.39, 0.29) is 0 Å². The van der Waals surface area contributed by atoms with Gasteiger partial charge in [0.25, 0.3) is 0 Å². The molecule has 0 spiro atoms. The average Bonchev–Trinajstić information content (AvgIpc) is 2.45. The lowest BCUT2D eigenvalue weighted by Gasteiger charge is -2.37. The molecule has 2 atom stereocenters. The number of hydrogen-bond donors (Lipinski definition) is 1. The summed E-state index contributed by atoms with van der Waals surface area (Å²) in [7, 11) is 2.21. The second kappa shape index (κ2) is 8.17. The SMILES string of the molecule is CCC(C)(CNC(C)C)CN(C)C(C)c1ccc(Cl)cc1. The lowest BCUT2D eigenvalue weighted by Crippen LogP contribution is -2.43. The Morgan fingerprint density at radius 3 is 2.24 bits per heavy atom. The predicted octanol–water partition coefficient (Wildman–Crippen LogP) is 4.75. The van der Waals surface area contributed by atoms with Crippen molar-refractivity contribution in [1.82, 2.24) is 10.2 Å². The van der Waals surface area contributed by atoms with Crippen LogP contribution in [0.3, 0.4) is 0 Å². The van der Waals surface area contributed by atoms with Gasteiger partial charge in [-0.05, 0) is 43.5 Å². The van der Waals surface area contributed by atoms with Gasteiger partial charge in [0.2, 0.25) is 0 Å². The van der Waals surface area contributed by atoms with E-state index in [1.165, 1.54) is 12.0 Å². The monoisotopic (exact) mass is 310 g/mol. The number of hydrogen-bond acceptors (Lipinski definition) is 2. The minimum absolute atomic E-state index is 0.291. The summed E-state index contributed by atoms with van der Waals surface area (Å²) in [5, 5.41) is 4.38. The maximum absolute atomic E-state index is 5.97. The molecule has 1 aromatic rings. The van der Waals surface area contributed by atoms with Crippen LogP contribution in [-0.2, 0) is 0 Å². The predicted molar refractivity (Wildman–Crippen MR) is 94.0 cm³/mol. The Morgan fingerprint density at radius 2 is 1.76 bits per heavy atom. The van der Waals surface area contributed by atoms with Gasteiger partial charge in [-0.3, -0.25) is 4.90 Å². The van der Waals surface area contributed by atoms with Gasteiger partial charge >= 0.3 is 0 Å².